The summed E-state index contributed by atoms with van der Waals surface area (Å²) in [6.07, 6.45) is 5.08. The Bertz CT molecular complexity index is 440. The van der Waals surface area contributed by atoms with Crippen molar-refractivity contribution in [1.29, 1.82) is 0 Å². The first-order chi connectivity index (χ1) is 9.69. The van der Waals surface area contributed by atoms with Crippen molar-refractivity contribution in [3.8, 4) is 0 Å². The molecule has 2 amide bonds. The fourth-order valence-electron chi connectivity index (χ4n) is 2.69. The molecule has 0 unspecified atom stereocenters. The number of nitrogens with one attached hydrogen (secondary N) is 2. The highest BCUT2D eigenvalue weighted by molar-refractivity contribution is 5.90. The maximum absolute atomic E-state index is 12.0. The predicted octanol–water partition coefficient (Wildman–Crippen LogP) is 3.06. The fraction of sp³-hybridized carbons (Fsp3) is 0.562. The highest BCUT2D eigenvalue weighted by Crippen LogP contribution is 2.19. The highest BCUT2D eigenvalue weighted by Gasteiger charge is 2.20. The Morgan fingerprint density at radius 3 is 2.65 bits per heavy atom. The van der Waals surface area contributed by atoms with Gasteiger partial charge in [-0.25, -0.2) is 4.79 Å². The number of urea groups is 1. The van der Waals surface area contributed by atoms with E-state index in [1.807, 2.05) is 18.2 Å². The van der Waals surface area contributed by atoms with Crippen molar-refractivity contribution in [2.45, 2.75) is 57.6 Å². The molecule has 0 aromatic heterocycles. The average Bonchev–Trinajstić information content (AvgIpc) is 2.44. The topological polar surface area (TPSA) is 61.4 Å². The highest BCUT2D eigenvalue weighted by atomic mass is 16.3. The number of hydrogen-bond donors (Lipinski definition) is 3. The molecule has 3 N–H and O–H groups in total. The number of carbonyl (C=O) groups is 1. The van der Waals surface area contributed by atoms with Gasteiger partial charge in [-0.3, -0.25) is 0 Å². The minimum absolute atomic E-state index is 0.144. The SMILES string of the molecule is CCCc1ccccc1NC(=O)NC1CCC(O)CC1. The van der Waals surface area contributed by atoms with Gasteiger partial charge >= 0.3 is 6.03 Å². The minimum atomic E-state index is -0.193. The zero-order chi connectivity index (χ0) is 14.4. The van der Waals surface area contributed by atoms with E-state index in [9.17, 15) is 9.90 Å². The zero-order valence-electron chi connectivity index (χ0n) is 12.1. The van der Waals surface area contributed by atoms with Crippen LogP contribution in [0.25, 0.3) is 0 Å². The first-order valence-corrected chi connectivity index (χ1v) is 7.52. The molecule has 20 heavy (non-hydrogen) atoms. The molecule has 1 aliphatic carbocycles. The second-order valence-corrected chi connectivity index (χ2v) is 5.51. The number of benzene rings is 1. The molecule has 1 fully saturated rings. The van der Waals surface area contributed by atoms with E-state index in [0.717, 1.165) is 44.2 Å². The van der Waals surface area contributed by atoms with E-state index >= 15 is 0 Å². The molecule has 0 spiro atoms. The van der Waals surface area contributed by atoms with Crippen LogP contribution in [0.4, 0.5) is 10.5 Å². The predicted molar refractivity (Wildman–Crippen MR) is 80.9 cm³/mol. The number of rotatable bonds is 4. The van der Waals surface area contributed by atoms with Crippen molar-refractivity contribution in [3.63, 3.8) is 0 Å². The number of carbonyl (C=O) groups excluding carboxylic acids is 1. The van der Waals surface area contributed by atoms with Crippen molar-refractivity contribution in [3.05, 3.63) is 29.8 Å². The van der Waals surface area contributed by atoms with Crippen molar-refractivity contribution in [1.82, 2.24) is 5.32 Å². The van der Waals surface area contributed by atoms with E-state index < -0.39 is 0 Å². The van der Waals surface area contributed by atoms with Crippen LogP contribution in [-0.2, 0) is 6.42 Å². The van der Waals surface area contributed by atoms with Gasteiger partial charge in [0.2, 0.25) is 0 Å². The van der Waals surface area contributed by atoms with Gasteiger partial charge in [0.15, 0.2) is 0 Å². The van der Waals surface area contributed by atoms with Crippen LogP contribution in [0.2, 0.25) is 0 Å². The third-order valence-electron chi connectivity index (χ3n) is 3.82. The van der Waals surface area contributed by atoms with Crippen molar-refractivity contribution in [2.24, 2.45) is 0 Å². The number of aryl methyl sites for hydroxylation is 1. The van der Waals surface area contributed by atoms with Gasteiger partial charge in [0, 0.05) is 11.7 Å². The summed E-state index contributed by atoms with van der Waals surface area (Å²) in [6, 6.07) is 7.96. The number of anilines is 1. The molecular weight excluding hydrogens is 252 g/mol. The van der Waals surface area contributed by atoms with Gasteiger partial charge in [0.05, 0.1) is 6.10 Å². The summed E-state index contributed by atoms with van der Waals surface area (Å²) < 4.78 is 0. The van der Waals surface area contributed by atoms with Gasteiger partial charge in [-0.15, -0.1) is 0 Å². The Balaban J connectivity index is 1.88. The van der Waals surface area contributed by atoms with Gasteiger partial charge in [-0.1, -0.05) is 31.5 Å². The lowest BCUT2D eigenvalue weighted by Crippen LogP contribution is -2.41. The molecule has 1 saturated carbocycles. The molecule has 1 aliphatic rings. The van der Waals surface area contributed by atoms with Gasteiger partial charge in [-0.2, -0.15) is 0 Å². The number of aliphatic hydroxyl groups excluding tert-OH is 1. The van der Waals surface area contributed by atoms with Crippen LogP contribution in [0.15, 0.2) is 24.3 Å². The van der Waals surface area contributed by atoms with E-state index in [0.29, 0.717) is 0 Å². The summed E-state index contributed by atoms with van der Waals surface area (Å²) in [5.74, 6) is 0. The van der Waals surface area contributed by atoms with E-state index in [-0.39, 0.29) is 18.2 Å². The van der Waals surface area contributed by atoms with E-state index in [2.05, 4.69) is 23.6 Å². The Hall–Kier alpha value is -1.55. The monoisotopic (exact) mass is 276 g/mol. The Kier molecular flexibility index (Phi) is 5.41. The molecular formula is C16H24N2O2. The van der Waals surface area contributed by atoms with E-state index in [1.165, 1.54) is 5.56 Å². The van der Waals surface area contributed by atoms with Gasteiger partial charge in [-0.05, 0) is 43.7 Å². The maximum Gasteiger partial charge on any atom is 0.319 e. The number of aliphatic hydroxyl groups is 1. The summed E-state index contributed by atoms with van der Waals surface area (Å²) in [5.41, 5.74) is 2.06. The molecule has 4 heteroatoms. The molecule has 0 atom stereocenters. The van der Waals surface area contributed by atoms with Crippen LogP contribution < -0.4 is 10.6 Å². The molecule has 0 saturated heterocycles. The Labute approximate surface area is 120 Å². The summed E-state index contributed by atoms with van der Waals surface area (Å²) in [6.45, 7) is 2.13. The van der Waals surface area contributed by atoms with Crippen LogP contribution in [0.3, 0.4) is 0 Å². The van der Waals surface area contributed by atoms with Gasteiger partial charge < -0.3 is 15.7 Å². The molecule has 0 bridgehead atoms. The molecule has 0 heterocycles. The smallest absolute Gasteiger partial charge is 0.319 e. The van der Waals surface area contributed by atoms with Crippen molar-refractivity contribution >= 4 is 11.7 Å². The third-order valence-corrected chi connectivity index (χ3v) is 3.82. The Morgan fingerprint density at radius 2 is 1.95 bits per heavy atom. The summed E-state index contributed by atoms with van der Waals surface area (Å²) in [5, 5.41) is 15.4. The molecule has 1 aromatic rings. The largest absolute Gasteiger partial charge is 0.393 e. The second-order valence-electron chi connectivity index (χ2n) is 5.51. The van der Waals surface area contributed by atoms with E-state index in [4.69, 9.17) is 0 Å². The minimum Gasteiger partial charge on any atom is -0.393 e. The third kappa shape index (κ3) is 4.23. The summed E-state index contributed by atoms with van der Waals surface area (Å²) in [4.78, 5) is 12.0. The van der Waals surface area contributed by atoms with E-state index in [1.54, 1.807) is 0 Å². The lowest BCUT2D eigenvalue weighted by Gasteiger charge is -2.26. The lowest BCUT2D eigenvalue weighted by molar-refractivity contribution is 0.118. The normalized spacial score (nSPS) is 22.3. The second kappa shape index (κ2) is 7.29. The average molecular weight is 276 g/mol. The summed E-state index contributed by atoms with van der Waals surface area (Å²) in [7, 11) is 0. The standard InChI is InChI=1S/C16H24N2O2/c1-2-5-12-6-3-4-7-15(12)18-16(20)17-13-8-10-14(19)11-9-13/h3-4,6-7,13-14,19H,2,5,8-11H2,1H3,(H2,17,18,20). The van der Waals surface area contributed by atoms with Gasteiger partial charge in [0.1, 0.15) is 0 Å². The summed E-state index contributed by atoms with van der Waals surface area (Å²) >= 11 is 0. The van der Waals surface area contributed by atoms with Crippen molar-refractivity contribution in [2.75, 3.05) is 5.32 Å². The molecule has 1 aromatic carbocycles. The van der Waals surface area contributed by atoms with Crippen molar-refractivity contribution < 1.29 is 9.90 Å². The zero-order valence-corrected chi connectivity index (χ0v) is 12.1. The first kappa shape index (κ1) is 14.9. The molecule has 2 rings (SSSR count). The fourth-order valence-corrected chi connectivity index (χ4v) is 2.69. The molecule has 4 nitrogen and oxygen atoms in total. The molecule has 0 radical (unpaired) electrons. The van der Waals surface area contributed by atoms with Gasteiger partial charge in [0.25, 0.3) is 0 Å². The number of hydrogen-bond acceptors (Lipinski definition) is 2. The van der Waals surface area contributed by atoms with Crippen LogP contribution >= 0.6 is 0 Å². The lowest BCUT2D eigenvalue weighted by atomic mass is 9.93. The van der Waals surface area contributed by atoms with Crippen LogP contribution in [0.5, 0.6) is 0 Å². The number of para-hydroxylation sites is 1. The quantitative estimate of drug-likeness (QED) is 0.791. The first-order valence-electron chi connectivity index (χ1n) is 7.52. The Morgan fingerprint density at radius 1 is 1.25 bits per heavy atom. The van der Waals surface area contributed by atoms with Crippen LogP contribution in [0.1, 0.15) is 44.6 Å². The van der Waals surface area contributed by atoms with Crippen LogP contribution in [-0.4, -0.2) is 23.3 Å². The molecule has 110 valence electrons. The number of amides is 2. The van der Waals surface area contributed by atoms with Crippen LogP contribution in [0, 0.1) is 0 Å². The maximum atomic E-state index is 12.0. The molecule has 0 aliphatic heterocycles.